The van der Waals surface area contributed by atoms with Crippen molar-refractivity contribution in [3.05, 3.63) is 30.3 Å². The molecule has 0 fully saturated rings. The van der Waals surface area contributed by atoms with Crippen molar-refractivity contribution in [3.63, 3.8) is 0 Å². The molecule has 1 aromatic carbocycles. The second kappa shape index (κ2) is 8.30. The molecule has 0 bridgehead atoms. The Kier molecular flexibility index (Phi) is 7.02. The van der Waals surface area contributed by atoms with E-state index in [4.69, 9.17) is 9.05 Å². The molecule has 0 aliphatic carbocycles. The summed E-state index contributed by atoms with van der Waals surface area (Å²) in [6.07, 6.45) is 1.85. The second-order valence-electron chi connectivity index (χ2n) is 3.98. The van der Waals surface area contributed by atoms with E-state index in [9.17, 15) is 4.57 Å². The lowest BCUT2D eigenvalue weighted by Crippen LogP contribution is -2.09. The van der Waals surface area contributed by atoms with E-state index in [1.54, 1.807) is 0 Å². The lowest BCUT2D eigenvalue weighted by atomic mass is 10.3. The van der Waals surface area contributed by atoms with Gasteiger partial charge in [-0.1, -0.05) is 32.0 Å². The lowest BCUT2D eigenvalue weighted by Gasteiger charge is -2.19. The molecule has 1 N–H and O–H groups in total. The number of para-hydroxylation sites is 1. The molecule has 0 spiro atoms. The van der Waals surface area contributed by atoms with E-state index >= 15 is 0 Å². The van der Waals surface area contributed by atoms with Crippen molar-refractivity contribution in [2.45, 2.75) is 26.7 Å². The summed E-state index contributed by atoms with van der Waals surface area (Å²) in [5.41, 5.74) is 0.915. The first-order valence-electron chi connectivity index (χ1n) is 6.37. The molecular formula is C13H22NO3P. The molecule has 0 saturated carbocycles. The molecular weight excluding hydrogens is 249 g/mol. The zero-order valence-electron chi connectivity index (χ0n) is 11.1. The zero-order chi connectivity index (χ0) is 13.3. The average Bonchev–Trinajstić information content (AvgIpc) is 2.42. The Hall–Kier alpha value is -0.830. The van der Waals surface area contributed by atoms with Crippen LogP contribution in [0.15, 0.2) is 30.3 Å². The summed E-state index contributed by atoms with van der Waals surface area (Å²) >= 11 is 0. The molecule has 0 radical (unpaired) electrons. The van der Waals surface area contributed by atoms with Gasteiger partial charge in [0, 0.05) is 5.69 Å². The largest absolute Gasteiger partial charge is 0.374 e. The van der Waals surface area contributed by atoms with Crippen molar-refractivity contribution >= 4 is 13.3 Å². The molecule has 5 heteroatoms. The summed E-state index contributed by atoms with van der Waals surface area (Å²) in [5, 5.41) is 3.09. The van der Waals surface area contributed by atoms with Gasteiger partial charge in [-0.05, 0) is 25.0 Å². The maximum absolute atomic E-state index is 12.4. The van der Waals surface area contributed by atoms with Gasteiger partial charge in [0.1, 0.15) is 6.29 Å². The van der Waals surface area contributed by atoms with E-state index in [0.717, 1.165) is 18.5 Å². The van der Waals surface area contributed by atoms with Crippen LogP contribution in [0, 0.1) is 0 Å². The van der Waals surface area contributed by atoms with Crippen LogP contribution >= 0.6 is 7.60 Å². The molecule has 0 saturated heterocycles. The molecule has 1 rings (SSSR count). The molecule has 0 aliphatic heterocycles. The summed E-state index contributed by atoms with van der Waals surface area (Å²) in [4.78, 5) is 0. The number of benzene rings is 1. The third-order valence-corrected chi connectivity index (χ3v) is 3.93. The summed E-state index contributed by atoms with van der Waals surface area (Å²) < 4.78 is 23.1. The quantitative estimate of drug-likeness (QED) is 0.687. The van der Waals surface area contributed by atoms with Crippen molar-refractivity contribution in [3.8, 4) is 0 Å². The molecule has 0 aromatic heterocycles. The van der Waals surface area contributed by atoms with Gasteiger partial charge in [0.05, 0.1) is 13.2 Å². The van der Waals surface area contributed by atoms with Gasteiger partial charge in [0.2, 0.25) is 0 Å². The molecule has 0 heterocycles. The number of anilines is 1. The first kappa shape index (κ1) is 15.2. The van der Waals surface area contributed by atoms with Gasteiger partial charge in [-0.15, -0.1) is 0 Å². The van der Waals surface area contributed by atoms with Gasteiger partial charge in [-0.25, -0.2) is 0 Å². The van der Waals surface area contributed by atoms with Crippen LogP contribution in [0.5, 0.6) is 0 Å². The highest BCUT2D eigenvalue weighted by atomic mass is 31.2. The molecule has 4 nitrogen and oxygen atoms in total. The molecule has 102 valence electrons. The van der Waals surface area contributed by atoms with E-state index in [0.29, 0.717) is 13.2 Å². The Morgan fingerprint density at radius 2 is 1.61 bits per heavy atom. The molecule has 1 aromatic rings. The third kappa shape index (κ3) is 5.67. The summed E-state index contributed by atoms with van der Waals surface area (Å²) in [5.74, 6) is 0. The number of hydrogen-bond acceptors (Lipinski definition) is 4. The molecule has 0 atom stereocenters. The SMILES string of the molecule is CCCOP(=O)(CNc1ccccc1)OCCC. The Labute approximate surface area is 109 Å². The van der Waals surface area contributed by atoms with Crippen LogP contribution in [0.4, 0.5) is 5.69 Å². The Morgan fingerprint density at radius 1 is 1.06 bits per heavy atom. The Bertz CT molecular complexity index is 358. The van der Waals surface area contributed by atoms with Gasteiger partial charge in [0.15, 0.2) is 0 Å². The van der Waals surface area contributed by atoms with Crippen LogP contribution in [0.2, 0.25) is 0 Å². The smallest absolute Gasteiger partial charge is 0.349 e. The first-order chi connectivity index (χ1) is 8.70. The predicted molar refractivity (Wildman–Crippen MR) is 75.0 cm³/mol. The van der Waals surface area contributed by atoms with Crippen molar-refractivity contribution in [2.24, 2.45) is 0 Å². The minimum Gasteiger partial charge on any atom is -0.374 e. The van der Waals surface area contributed by atoms with Crippen molar-refractivity contribution < 1.29 is 13.6 Å². The van der Waals surface area contributed by atoms with Gasteiger partial charge >= 0.3 is 7.60 Å². The van der Waals surface area contributed by atoms with Crippen molar-refractivity contribution in [1.29, 1.82) is 0 Å². The standard InChI is InChI=1S/C13H22NO3P/c1-3-10-16-18(15,17-11-4-2)12-14-13-8-6-5-7-9-13/h5-9,14H,3-4,10-12H2,1-2H3. The average molecular weight is 271 g/mol. The highest BCUT2D eigenvalue weighted by Crippen LogP contribution is 2.47. The molecule has 0 aliphatic rings. The van der Waals surface area contributed by atoms with E-state index < -0.39 is 7.60 Å². The Morgan fingerprint density at radius 3 is 2.11 bits per heavy atom. The van der Waals surface area contributed by atoms with E-state index in [1.807, 2.05) is 44.2 Å². The van der Waals surface area contributed by atoms with Crippen LogP contribution in [-0.4, -0.2) is 19.5 Å². The summed E-state index contributed by atoms with van der Waals surface area (Å²) in [6, 6.07) is 9.63. The Balaban J connectivity index is 2.52. The topological polar surface area (TPSA) is 47.6 Å². The second-order valence-corrected chi connectivity index (χ2v) is 6.03. The number of rotatable bonds is 9. The first-order valence-corrected chi connectivity index (χ1v) is 8.10. The zero-order valence-corrected chi connectivity index (χ0v) is 12.0. The summed E-state index contributed by atoms with van der Waals surface area (Å²) in [6.45, 7) is 4.87. The highest BCUT2D eigenvalue weighted by molar-refractivity contribution is 7.53. The van der Waals surface area contributed by atoms with Crippen LogP contribution in [0.25, 0.3) is 0 Å². The van der Waals surface area contributed by atoms with Crippen LogP contribution in [-0.2, 0) is 13.6 Å². The van der Waals surface area contributed by atoms with Gasteiger partial charge in [0.25, 0.3) is 0 Å². The summed E-state index contributed by atoms with van der Waals surface area (Å²) in [7, 11) is -3.03. The van der Waals surface area contributed by atoms with E-state index in [1.165, 1.54) is 0 Å². The number of hydrogen-bond donors (Lipinski definition) is 1. The van der Waals surface area contributed by atoms with Crippen LogP contribution < -0.4 is 5.32 Å². The minimum atomic E-state index is -3.03. The van der Waals surface area contributed by atoms with Crippen LogP contribution in [0.1, 0.15) is 26.7 Å². The van der Waals surface area contributed by atoms with Crippen molar-refractivity contribution in [1.82, 2.24) is 0 Å². The molecule has 0 unspecified atom stereocenters. The van der Waals surface area contributed by atoms with Crippen molar-refractivity contribution in [2.75, 3.05) is 24.8 Å². The maximum atomic E-state index is 12.4. The maximum Gasteiger partial charge on any atom is 0.349 e. The fraction of sp³-hybridized carbons (Fsp3) is 0.538. The predicted octanol–water partition coefficient (Wildman–Crippen LogP) is 4.10. The molecule has 0 amide bonds. The van der Waals surface area contributed by atoms with Crippen LogP contribution in [0.3, 0.4) is 0 Å². The van der Waals surface area contributed by atoms with Gasteiger partial charge in [-0.2, -0.15) is 0 Å². The van der Waals surface area contributed by atoms with Gasteiger partial charge < -0.3 is 14.4 Å². The monoisotopic (exact) mass is 271 g/mol. The van der Waals surface area contributed by atoms with E-state index in [2.05, 4.69) is 5.32 Å². The molecule has 18 heavy (non-hydrogen) atoms. The van der Waals surface area contributed by atoms with Gasteiger partial charge in [-0.3, -0.25) is 4.57 Å². The number of nitrogens with one attached hydrogen (secondary N) is 1. The van der Waals surface area contributed by atoms with E-state index in [-0.39, 0.29) is 6.29 Å². The minimum absolute atomic E-state index is 0.205. The fourth-order valence-corrected chi connectivity index (χ4v) is 2.89. The normalized spacial score (nSPS) is 11.4. The fourth-order valence-electron chi connectivity index (χ4n) is 1.33. The lowest BCUT2D eigenvalue weighted by molar-refractivity contribution is 0.206. The third-order valence-electron chi connectivity index (χ3n) is 2.23. The highest BCUT2D eigenvalue weighted by Gasteiger charge is 2.23.